The molecule has 15 heavy (non-hydrogen) atoms. The molecule has 0 aromatic carbocycles. The smallest absolute Gasteiger partial charge is 0.216 e. The van der Waals surface area contributed by atoms with Gasteiger partial charge in [-0.25, -0.2) is 9.97 Å². The molecule has 0 aliphatic heterocycles. The molecule has 0 saturated carbocycles. The quantitative estimate of drug-likeness (QED) is 0.797. The molecule has 2 rings (SSSR count). The molecule has 0 unspecified atom stereocenters. The minimum Gasteiger partial charge on any atom is -0.481 e. The van der Waals surface area contributed by atoms with Crippen molar-refractivity contribution in [3.63, 3.8) is 0 Å². The van der Waals surface area contributed by atoms with Crippen molar-refractivity contribution in [1.29, 1.82) is 0 Å². The van der Waals surface area contributed by atoms with Crippen LogP contribution in [0, 0.1) is 6.92 Å². The van der Waals surface area contributed by atoms with Crippen molar-refractivity contribution in [1.82, 2.24) is 9.97 Å². The lowest BCUT2D eigenvalue weighted by atomic mass is 10.2. The monoisotopic (exact) mass is 220 g/mol. The topological polar surface area (TPSA) is 35.0 Å². The highest BCUT2D eigenvalue weighted by atomic mass is 32.1. The van der Waals surface area contributed by atoms with E-state index in [1.165, 1.54) is 0 Å². The number of pyridine rings is 1. The number of thiazole rings is 1. The van der Waals surface area contributed by atoms with Gasteiger partial charge in [0.1, 0.15) is 0 Å². The number of aryl methyl sites for hydroxylation is 1. The third-order valence-electron chi connectivity index (χ3n) is 2.10. The summed E-state index contributed by atoms with van der Waals surface area (Å²) in [5, 5.41) is 3.06. The molecule has 2 aromatic rings. The third-order valence-corrected chi connectivity index (χ3v) is 2.88. The van der Waals surface area contributed by atoms with Crippen molar-refractivity contribution in [2.45, 2.75) is 13.3 Å². The number of hydrogen-bond acceptors (Lipinski definition) is 4. The van der Waals surface area contributed by atoms with Crippen LogP contribution in [0.1, 0.15) is 16.3 Å². The van der Waals surface area contributed by atoms with Crippen molar-refractivity contribution < 1.29 is 4.74 Å². The Balaban J connectivity index is 2.28. The average molecular weight is 220 g/mol. The van der Waals surface area contributed by atoms with Gasteiger partial charge in [0.15, 0.2) is 0 Å². The predicted octanol–water partition coefficient (Wildman–Crippen LogP) is 2.45. The number of nitrogens with zero attached hydrogens (tertiary/aromatic N) is 2. The van der Waals surface area contributed by atoms with E-state index in [-0.39, 0.29) is 0 Å². The van der Waals surface area contributed by atoms with Crippen LogP contribution in [0.2, 0.25) is 0 Å². The molecule has 0 amide bonds. The molecule has 3 nitrogen and oxygen atoms in total. The summed E-state index contributed by atoms with van der Waals surface area (Å²) in [5.41, 5.74) is 2.05. The van der Waals surface area contributed by atoms with E-state index in [9.17, 15) is 0 Å². The van der Waals surface area contributed by atoms with Crippen LogP contribution >= 0.6 is 11.3 Å². The van der Waals surface area contributed by atoms with Crippen LogP contribution in [0.15, 0.2) is 23.7 Å². The zero-order valence-corrected chi connectivity index (χ0v) is 9.54. The first-order chi connectivity index (χ1) is 7.29. The van der Waals surface area contributed by atoms with Gasteiger partial charge in [-0.1, -0.05) is 6.07 Å². The van der Waals surface area contributed by atoms with Crippen molar-refractivity contribution in [2.24, 2.45) is 0 Å². The largest absolute Gasteiger partial charge is 0.481 e. The van der Waals surface area contributed by atoms with Crippen LogP contribution in [-0.2, 0) is 6.42 Å². The van der Waals surface area contributed by atoms with Crippen LogP contribution in [0.5, 0.6) is 5.88 Å². The molecule has 0 spiro atoms. The summed E-state index contributed by atoms with van der Waals surface area (Å²) < 4.78 is 5.24. The van der Waals surface area contributed by atoms with E-state index in [2.05, 4.69) is 9.97 Å². The third kappa shape index (κ3) is 2.33. The number of aromatic nitrogens is 2. The second-order valence-electron chi connectivity index (χ2n) is 3.22. The van der Waals surface area contributed by atoms with Crippen molar-refractivity contribution in [3.8, 4) is 5.88 Å². The van der Waals surface area contributed by atoms with Crippen LogP contribution in [0.3, 0.4) is 0 Å². The Hall–Kier alpha value is -1.42. The van der Waals surface area contributed by atoms with E-state index in [0.717, 1.165) is 22.7 Å². The first kappa shape index (κ1) is 10.1. The SMILES string of the molecule is COc1nc(C)ccc1Cc1nccs1. The van der Waals surface area contributed by atoms with Gasteiger partial charge in [0.25, 0.3) is 0 Å². The fourth-order valence-corrected chi connectivity index (χ4v) is 2.02. The van der Waals surface area contributed by atoms with Crippen LogP contribution in [0.25, 0.3) is 0 Å². The number of rotatable bonds is 3. The lowest BCUT2D eigenvalue weighted by Gasteiger charge is -2.06. The Morgan fingerprint density at radius 1 is 1.40 bits per heavy atom. The Morgan fingerprint density at radius 2 is 2.27 bits per heavy atom. The Labute approximate surface area is 92.8 Å². The highest BCUT2D eigenvalue weighted by molar-refractivity contribution is 7.09. The number of methoxy groups -OCH3 is 1. The van der Waals surface area contributed by atoms with Gasteiger partial charge in [0.05, 0.1) is 12.1 Å². The van der Waals surface area contributed by atoms with Gasteiger partial charge in [-0.3, -0.25) is 0 Å². The normalized spacial score (nSPS) is 10.3. The van der Waals surface area contributed by atoms with Gasteiger partial charge in [0, 0.05) is 29.3 Å². The summed E-state index contributed by atoms with van der Waals surface area (Å²) in [5.74, 6) is 0.699. The van der Waals surface area contributed by atoms with E-state index < -0.39 is 0 Å². The maximum Gasteiger partial charge on any atom is 0.216 e. The lowest BCUT2D eigenvalue weighted by molar-refractivity contribution is 0.392. The minimum absolute atomic E-state index is 0.699. The van der Waals surface area contributed by atoms with Gasteiger partial charge in [0.2, 0.25) is 5.88 Å². The zero-order valence-electron chi connectivity index (χ0n) is 8.73. The van der Waals surface area contributed by atoms with E-state index >= 15 is 0 Å². The average Bonchev–Trinajstić information content (AvgIpc) is 2.73. The maximum absolute atomic E-state index is 5.24. The minimum atomic E-state index is 0.699. The molecule has 2 aromatic heterocycles. The molecular weight excluding hydrogens is 208 g/mol. The first-order valence-electron chi connectivity index (χ1n) is 4.68. The molecular formula is C11H12N2OS. The molecule has 0 aliphatic carbocycles. The van der Waals surface area contributed by atoms with E-state index in [1.54, 1.807) is 18.4 Å². The van der Waals surface area contributed by atoms with Gasteiger partial charge >= 0.3 is 0 Å². The van der Waals surface area contributed by atoms with E-state index in [4.69, 9.17) is 4.74 Å². The van der Waals surface area contributed by atoms with Gasteiger partial charge < -0.3 is 4.74 Å². The standard InChI is InChI=1S/C11H12N2OS/c1-8-3-4-9(11(13-8)14-2)7-10-12-5-6-15-10/h3-6H,7H2,1-2H3. The first-order valence-corrected chi connectivity index (χ1v) is 5.56. The van der Waals surface area contributed by atoms with Gasteiger partial charge in [-0.15, -0.1) is 11.3 Å². The van der Waals surface area contributed by atoms with Crippen LogP contribution < -0.4 is 4.74 Å². The molecule has 0 bridgehead atoms. The lowest BCUT2D eigenvalue weighted by Crippen LogP contribution is -1.97. The summed E-state index contributed by atoms with van der Waals surface area (Å²) in [7, 11) is 1.65. The molecule has 4 heteroatoms. The molecule has 0 saturated heterocycles. The van der Waals surface area contributed by atoms with Crippen molar-refractivity contribution in [2.75, 3.05) is 7.11 Å². The molecule has 78 valence electrons. The second kappa shape index (κ2) is 4.40. The molecule has 0 N–H and O–H groups in total. The molecule has 0 radical (unpaired) electrons. The Morgan fingerprint density at radius 3 is 2.93 bits per heavy atom. The molecule has 2 heterocycles. The number of hydrogen-bond donors (Lipinski definition) is 0. The molecule has 0 atom stereocenters. The van der Waals surface area contributed by atoms with E-state index in [1.807, 2.05) is 30.6 Å². The highest BCUT2D eigenvalue weighted by Crippen LogP contribution is 2.20. The Kier molecular flexibility index (Phi) is 2.97. The summed E-state index contributed by atoms with van der Waals surface area (Å²) in [4.78, 5) is 8.57. The summed E-state index contributed by atoms with van der Waals surface area (Å²) in [6.07, 6.45) is 2.60. The van der Waals surface area contributed by atoms with Crippen molar-refractivity contribution in [3.05, 3.63) is 40.0 Å². The summed E-state index contributed by atoms with van der Waals surface area (Å²) in [6, 6.07) is 4.04. The highest BCUT2D eigenvalue weighted by Gasteiger charge is 2.06. The summed E-state index contributed by atoms with van der Waals surface area (Å²) in [6.45, 7) is 1.95. The van der Waals surface area contributed by atoms with Gasteiger partial charge in [-0.05, 0) is 13.0 Å². The predicted molar refractivity (Wildman–Crippen MR) is 60.4 cm³/mol. The molecule has 0 aliphatic rings. The molecule has 0 fully saturated rings. The van der Waals surface area contributed by atoms with Crippen molar-refractivity contribution >= 4 is 11.3 Å². The summed E-state index contributed by atoms with van der Waals surface area (Å²) >= 11 is 1.65. The van der Waals surface area contributed by atoms with E-state index in [0.29, 0.717) is 5.88 Å². The maximum atomic E-state index is 5.24. The fraction of sp³-hybridized carbons (Fsp3) is 0.273. The van der Waals surface area contributed by atoms with Crippen LogP contribution in [0.4, 0.5) is 0 Å². The fourth-order valence-electron chi connectivity index (χ4n) is 1.38. The van der Waals surface area contributed by atoms with Gasteiger partial charge in [-0.2, -0.15) is 0 Å². The second-order valence-corrected chi connectivity index (χ2v) is 4.20. The zero-order chi connectivity index (χ0) is 10.7. The Bertz CT molecular complexity index is 440. The number of ether oxygens (including phenoxy) is 1. The van der Waals surface area contributed by atoms with Crippen LogP contribution in [-0.4, -0.2) is 17.1 Å².